The number of nitrogens with two attached hydrogens (primary N) is 1. The average Bonchev–Trinajstić information content (AvgIpc) is 2.45. The molecule has 1 saturated heterocycles. The van der Waals surface area contributed by atoms with Crippen molar-refractivity contribution in [3.05, 3.63) is 0 Å². The fraction of sp³-hybridized carbons (Fsp3) is 1.00. The van der Waals surface area contributed by atoms with Crippen molar-refractivity contribution in [1.29, 1.82) is 0 Å². The molecule has 2 nitrogen and oxygen atoms in total. The molecule has 0 spiro atoms. The van der Waals surface area contributed by atoms with Gasteiger partial charge in [-0.3, -0.25) is 0 Å². The molecule has 1 heterocycles. The first-order chi connectivity index (χ1) is 7.26. The van der Waals surface area contributed by atoms with Crippen LogP contribution in [0.15, 0.2) is 0 Å². The molecule has 0 aromatic carbocycles. The van der Waals surface area contributed by atoms with Gasteiger partial charge >= 0.3 is 0 Å². The molecule has 0 aromatic heterocycles. The predicted molar refractivity (Wildman–Crippen MR) is 67.0 cm³/mol. The van der Waals surface area contributed by atoms with Gasteiger partial charge in [0.05, 0.1) is 0 Å². The molecular weight excluding hydrogens is 184 g/mol. The number of hydrogen-bond acceptors (Lipinski definition) is 2. The molecule has 90 valence electrons. The quantitative estimate of drug-likeness (QED) is 0.759. The molecule has 1 aliphatic heterocycles. The Morgan fingerprint density at radius 3 is 2.73 bits per heavy atom. The van der Waals surface area contributed by atoms with Crippen LogP contribution < -0.4 is 5.73 Å². The minimum absolute atomic E-state index is 0.382. The lowest BCUT2D eigenvalue weighted by atomic mass is 9.96. The maximum atomic E-state index is 6.01. The lowest BCUT2D eigenvalue weighted by Crippen LogP contribution is -2.37. The Balaban J connectivity index is 2.26. The summed E-state index contributed by atoms with van der Waals surface area (Å²) in [6, 6.07) is 0.382. The number of hydrogen-bond donors (Lipinski definition) is 1. The molecule has 0 saturated carbocycles. The molecule has 0 aromatic rings. The number of nitrogens with zero attached hydrogens (tertiary/aromatic N) is 1. The maximum Gasteiger partial charge on any atom is 0.0165 e. The van der Waals surface area contributed by atoms with E-state index >= 15 is 0 Å². The van der Waals surface area contributed by atoms with E-state index in [-0.39, 0.29) is 0 Å². The van der Waals surface area contributed by atoms with Crippen LogP contribution in [-0.2, 0) is 0 Å². The molecule has 0 bridgehead atoms. The monoisotopic (exact) mass is 212 g/mol. The van der Waals surface area contributed by atoms with E-state index in [1.165, 1.54) is 45.2 Å². The van der Waals surface area contributed by atoms with E-state index in [0.717, 1.165) is 18.9 Å². The Hall–Kier alpha value is -0.0800. The molecular formula is C13H28N2. The molecule has 1 aliphatic rings. The van der Waals surface area contributed by atoms with Crippen molar-refractivity contribution in [2.45, 2.75) is 58.4 Å². The van der Waals surface area contributed by atoms with Gasteiger partial charge in [-0.2, -0.15) is 0 Å². The van der Waals surface area contributed by atoms with Crippen molar-refractivity contribution in [1.82, 2.24) is 4.90 Å². The summed E-state index contributed by atoms with van der Waals surface area (Å²) in [5, 5.41) is 0. The van der Waals surface area contributed by atoms with Crippen LogP contribution in [0.3, 0.4) is 0 Å². The van der Waals surface area contributed by atoms with E-state index in [1.807, 2.05) is 0 Å². The second kappa shape index (κ2) is 7.24. The second-order valence-electron chi connectivity index (χ2n) is 5.05. The maximum absolute atomic E-state index is 6.01. The second-order valence-corrected chi connectivity index (χ2v) is 5.05. The van der Waals surface area contributed by atoms with Crippen LogP contribution in [0.2, 0.25) is 0 Å². The highest BCUT2D eigenvalue weighted by atomic mass is 15.1. The highest BCUT2D eigenvalue weighted by Gasteiger charge is 2.17. The van der Waals surface area contributed by atoms with E-state index in [1.54, 1.807) is 0 Å². The van der Waals surface area contributed by atoms with Gasteiger partial charge in [-0.1, -0.05) is 26.7 Å². The third-order valence-electron chi connectivity index (χ3n) is 3.65. The first-order valence-corrected chi connectivity index (χ1v) is 6.74. The molecule has 2 N–H and O–H groups in total. The Bertz CT molecular complexity index is 159. The van der Waals surface area contributed by atoms with Crippen LogP contribution in [0.5, 0.6) is 0 Å². The zero-order chi connectivity index (χ0) is 11.1. The summed E-state index contributed by atoms with van der Waals surface area (Å²) in [5.74, 6) is 0.984. The van der Waals surface area contributed by atoms with Crippen molar-refractivity contribution in [2.75, 3.05) is 19.6 Å². The van der Waals surface area contributed by atoms with Gasteiger partial charge in [-0.05, 0) is 44.7 Å². The van der Waals surface area contributed by atoms with Crippen molar-refractivity contribution >= 4 is 0 Å². The minimum atomic E-state index is 0.382. The normalized spacial score (nSPS) is 26.2. The summed E-state index contributed by atoms with van der Waals surface area (Å²) in [5.41, 5.74) is 6.01. The Kier molecular flexibility index (Phi) is 6.26. The Morgan fingerprint density at radius 2 is 2.07 bits per heavy atom. The third kappa shape index (κ3) is 4.98. The van der Waals surface area contributed by atoms with Crippen molar-refractivity contribution in [2.24, 2.45) is 11.7 Å². The Morgan fingerprint density at radius 1 is 1.27 bits per heavy atom. The van der Waals surface area contributed by atoms with Crippen molar-refractivity contribution in [3.8, 4) is 0 Å². The van der Waals surface area contributed by atoms with Gasteiger partial charge in [0, 0.05) is 12.6 Å². The molecule has 1 rings (SSSR count). The van der Waals surface area contributed by atoms with E-state index in [4.69, 9.17) is 5.73 Å². The van der Waals surface area contributed by atoms with Gasteiger partial charge in [-0.25, -0.2) is 0 Å². The van der Waals surface area contributed by atoms with Gasteiger partial charge in [0.1, 0.15) is 0 Å². The Labute approximate surface area is 95.2 Å². The lowest BCUT2D eigenvalue weighted by molar-refractivity contribution is 0.260. The smallest absolute Gasteiger partial charge is 0.0165 e. The van der Waals surface area contributed by atoms with Crippen LogP contribution in [-0.4, -0.2) is 30.6 Å². The fourth-order valence-electron chi connectivity index (χ4n) is 2.57. The average molecular weight is 212 g/mol. The largest absolute Gasteiger partial charge is 0.327 e. The molecule has 2 heteroatoms. The standard InChI is InChI=1S/C13H28N2/c1-3-6-12-7-5-9-15(10-8-12)11-13(14)4-2/h12-13H,3-11,14H2,1-2H3. The van der Waals surface area contributed by atoms with Crippen molar-refractivity contribution < 1.29 is 0 Å². The lowest BCUT2D eigenvalue weighted by Gasteiger charge is -2.23. The van der Waals surface area contributed by atoms with Crippen molar-refractivity contribution in [3.63, 3.8) is 0 Å². The SMILES string of the molecule is CCCC1CCCN(CC(N)CC)CC1. The van der Waals surface area contributed by atoms with E-state index in [2.05, 4.69) is 18.7 Å². The van der Waals surface area contributed by atoms with Gasteiger partial charge in [0.25, 0.3) is 0 Å². The summed E-state index contributed by atoms with van der Waals surface area (Å²) >= 11 is 0. The molecule has 0 radical (unpaired) electrons. The number of likely N-dealkylation sites (tertiary alicyclic amines) is 1. The summed E-state index contributed by atoms with van der Waals surface area (Å²) in [6.45, 7) is 8.14. The van der Waals surface area contributed by atoms with Gasteiger partial charge in [0.2, 0.25) is 0 Å². The van der Waals surface area contributed by atoms with E-state index in [0.29, 0.717) is 6.04 Å². The topological polar surface area (TPSA) is 29.3 Å². The highest BCUT2D eigenvalue weighted by Crippen LogP contribution is 2.21. The van der Waals surface area contributed by atoms with Crippen LogP contribution in [0.1, 0.15) is 52.4 Å². The van der Waals surface area contributed by atoms with Gasteiger partial charge in [0.15, 0.2) is 0 Å². The van der Waals surface area contributed by atoms with Crippen LogP contribution >= 0.6 is 0 Å². The molecule has 15 heavy (non-hydrogen) atoms. The zero-order valence-corrected chi connectivity index (χ0v) is 10.5. The summed E-state index contributed by atoms with van der Waals surface area (Å²) in [6.07, 6.45) is 8.08. The molecule has 2 atom stereocenters. The van der Waals surface area contributed by atoms with Crippen LogP contribution in [0.4, 0.5) is 0 Å². The minimum Gasteiger partial charge on any atom is -0.327 e. The van der Waals surface area contributed by atoms with E-state index < -0.39 is 0 Å². The summed E-state index contributed by atoms with van der Waals surface area (Å²) in [4.78, 5) is 2.57. The van der Waals surface area contributed by atoms with E-state index in [9.17, 15) is 0 Å². The molecule has 0 amide bonds. The summed E-state index contributed by atoms with van der Waals surface area (Å²) < 4.78 is 0. The van der Waals surface area contributed by atoms with Crippen LogP contribution in [0, 0.1) is 5.92 Å². The predicted octanol–water partition coefficient (Wildman–Crippen LogP) is 2.63. The highest BCUT2D eigenvalue weighted by molar-refractivity contribution is 4.73. The van der Waals surface area contributed by atoms with Crippen LogP contribution in [0.25, 0.3) is 0 Å². The first kappa shape index (κ1) is 13.0. The molecule has 0 aliphatic carbocycles. The molecule has 1 fully saturated rings. The third-order valence-corrected chi connectivity index (χ3v) is 3.65. The zero-order valence-electron chi connectivity index (χ0n) is 10.5. The molecule has 2 unspecified atom stereocenters. The summed E-state index contributed by atoms with van der Waals surface area (Å²) in [7, 11) is 0. The van der Waals surface area contributed by atoms with Gasteiger partial charge in [-0.15, -0.1) is 0 Å². The van der Waals surface area contributed by atoms with Gasteiger partial charge < -0.3 is 10.6 Å². The number of rotatable bonds is 5. The fourth-order valence-corrected chi connectivity index (χ4v) is 2.57. The first-order valence-electron chi connectivity index (χ1n) is 6.74.